The molecule has 4 unspecified atom stereocenters. The molecule has 0 spiro atoms. The standard InChI is InChI=1S/C14H13BrN2O5S/c15-16-23(20,21)8-3-1-7(2-4-8)17-13(18)11-9-5-6-10(22-9)12(11)14(17)19/h1-4,9-12,16H,5-6H2. The Labute approximate surface area is 141 Å². The fraction of sp³-hybridized carbons (Fsp3) is 0.429. The highest BCUT2D eigenvalue weighted by Gasteiger charge is 2.62. The number of ether oxygens (including phenoxy) is 1. The van der Waals surface area contributed by atoms with Crippen molar-refractivity contribution in [1.82, 2.24) is 3.75 Å². The Balaban J connectivity index is 1.66. The molecule has 3 saturated heterocycles. The number of amides is 2. The van der Waals surface area contributed by atoms with Crippen LogP contribution in [0.5, 0.6) is 0 Å². The summed E-state index contributed by atoms with van der Waals surface area (Å²) < 4.78 is 31.1. The van der Waals surface area contributed by atoms with E-state index < -0.39 is 21.9 Å². The van der Waals surface area contributed by atoms with Gasteiger partial charge < -0.3 is 4.74 Å². The Morgan fingerprint density at radius 2 is 1.57 bits per heavy atom. The summed E-state index contributed by atoms with van der Waals surface area (Å²) in [6, 6.07) is 5.66. The lowest BCUT2D eigenvalue weighted by Crippen LogP contribution is -2.34. The highest BCUT2D eigenvalue weighted by Crippen LogP contribution is 2.49. The van der Waals surface area contributed by atoms with Crippen molar-refractivity contribution < 1.29 is 22.7 Å². The second-order valence-corrected chi connectivity index (χ2v) is 8.53. The van der Waals surface area contributed by atoms with E-state index in [1.165, 1.54) is 29.2 Å². The van der Waals surface area contributed by atoms with Crippen molar-refractivity contribution >= 4 is 43.7 Å². The molecule has 1 N–H and O–H groups in total. The molecule has 7 nitrogen and oxygen atoms in total. The molecule has 1 aromatic rings. The van der Waals surface area contributed by atoms with Gasteiger partial charge in [0.2, 0.25) is 21.8 Å². The number of nitrogens with zero attached hydrogens (tertiary/aromatic N) is 1. The minimum absolute atomic E-state index is 0.0424. The monoisotopic (exact) mass is 400 g/mol. The zero-order valence-electron chi connectivity index (χ0n) is 11.8. The number of hydrogen-bond acceptors (Lipinski definition) is 5. The van der Waals surface area contributed by atoms with Crippen LogP contribution in [0.1, 0.15) is 12.8 Å². The van der Waals surface area contributed by atoms with Crippen LogP contribution in [0.4, 0.5) is 5.69 Å². The number of imide groups is 1. The van der Waals surface area contributed by atoms with Gasteiger partial charge in [-0.05, 0) is 37.1 Å². The maximum atomic E-state index is 12.6. The van der Waals surface area contributed by atoms with Crippen molar-refractivity contribution in [3.05, 3.63) is 24.3 Å². The van der Waals surface area contributed by atoms with E-state index in [1.807, 2.05) is 3.75 Å². The number of fused-ring (bicyclic) bond motifs is 5. The number of halogens is 1. The predicted molar refractivity (Wildman–Crippen MR) is 83.1 cm³/mol. The minimum atomic E-state index is -3.63. The summed E-state index contributed by atoms with van der Waals surface area (Å²) in [4.78, 5) is 26.4. The highest BCUT2D eigenvalue weighted by atomic mass is 79.9. The van der Waals surface area contributed by atoms with Crippen LogP contribution >= 0.6 is 16.1 Å². The zero-order chi connectivity index (χ0) is 16.4. The van der Waals surface area contributed by atoms with E-state index in [2.05, 4.69) is 16.1 Å². The third-order valence-corrected chi connectivity index (χ3v) is 7.17. The first kappa shape index (κ1) is 15.3. The van der Waals surface area contributed by atoms with Crippen molar-refractivity contribution in [3.8, 4) is 0 Å². The van der Waals surface area contributed by atoms with E-state index in [-0.39, 0.29) is 28.9 Å². The molecule has 1 aromatic carbocycles. The number of rotatable bonds is 3. The highest BCUT2D eigenvalue weighted by molar-refractivity contribution is 9.09. The van der Waals surface area contributed by atoms with Crippen molar-refractivity contribution in [1.29, 1.82) is 0 Å². The largest absolute Gasteiger partial charge is 0.373 e. The topological polar surface area (TPSA) is 92.8 Å². The van der Waals surface area contributed by atoms with Crippen LogP contribution in [0.25, 0.3) is 0 Å². The maximum Gasteiger partial charge on any atom is 0.250 e. The first-order chi connectivity index (χ1) is 10.9. The maximum absolute atomic E-state index is 12.6. The van der Waals surface area contributed by atoms with Crippen LogP contribution in [0.15, 0.2) is 29.2 Å². The fourth-order valence-corrected chi connectivity index (χ4v) is 4.93. The number of carbonyl (C=O) groups is 2. The molecule has 2 amide bonds. The molecule has 3 aliphatic heterocycles. The van der Waals surface area contributed by atoms with Gasteiger partial charge in [0.05, 0.1) is 34.6 Å². The molecule has 9 heteroatoms. The lowest BCUT2D eigenvalue weighted by molar-refractivity contribution is -0.124. The quantitative estimate of drug-likeness (QED) is 0.601. The van der Waals surface area contributed by atoms with Gasteiger partial charge in [0.15, 0.2) is 0 Å². The number of nitrogens with one attached hydrogen (secondary N) is 1. The third-order valence-electron chi connectivity index (χ3n) is 4.79. The summed E-state index contributed by atoms with van der Waals surface area (Å²) in [5.74, 6) is -1.29. The fourth-order valence-electron chi connectivity index (χ4n) is 3.79. The summed E-state index contributed by atoms with van der Waals surface area (Å²) >= 11 is 2.69. The van der Waals surface area contributed by atoms with Crippen LogP contribution < -0.4 is 8.65 Å². The molecular formula is C14H13BrN2O5S. The molecule has 3 fully saturated rings. The number of benzene rings is 1. The van der Waals surface area contributed by atoms with Gasteiger partial charge in [0.1, 0.15) is 0 Å². The molecule has 3 heterocycles. The molecule has 3 aliphatic rings. The van der Waals surface area contributed by atoms with Crippen molar-refractivity contribution in [2.24, 2.45) is 11.8 Å². The van der Waals surface area contributed by atoms with Gasteiger partial charge in [-0.3, -0.25) is 9.59 Å². The Morgan fingerprint density at radius 3 is 2.04 bits per heavy atom. The van der Waals surface area contributed by atoms with Crippen LogP contribution in [0.3, 0.4) is 0 Å². The minimum Gasteiger partial charge on any atom is -0.373 e. The number of sulfonamides is 1. The SMILES string of the molecule is O=C1C2C3CCC(O3)C2C(=O)N1c1ccc(S(=O)(=O)NBr)cc1. The van der Waals surface area contributed by atoms with Crippen molar-refractivity contribution in [2.75, 3.05) is 4.90 Å². The van der Waals surface area contributed by atoms with Crippen molar-refractivity contribution in [2.45, 2.75) is 29.9 Å². The second kappa shape index (κ2) is 5.10. The van der Waals surface area contributed by atoms with Gasteiger partial charge in [-0.15, -0.1) is 3.75 Å². The Morgan fingerprint density at radius 1 is 1.04 bits per heavy atom. The van der Waals surface area contributed by atoms with E-state index in [9.17, 15) is 18.0 Å². The van der Waals surface area contributed by atoms with Crippen LogP contribution in [0.2, 0.25) is 0 Å². The zero-order valence-corrected chi connectivity index (χ0v) is 14.2. The molecule has 4 rings (SSSR count). The van der Waals surface area contributed by atoms with Crippen LogP contribution in [0, 0.1) is 11.8 Å². The van der Waals surface area contributed by atoms with Crippen LogP contribution in [-0.2, 0) is 24.3 Å². The van der Waals surface area contributed by atoms with E-state index in [0.29, 0.717) is 5.69 Å². The normalized spacial score (nSPS) is 32.7. The first-order valence-electron chi connectivity index (χ1n) is 7.20. The summed E-state index contributed by atoms with van der Waals surface area (Å²) in [5.41, 5.74) is 0.391. The van der Waals surface area contributed by atoms with Gasteiger partial charge in [-0.25, -0.2) is 13.3 Å². The molecule has 0 aromatic heterocycles. The molecule has 4 atom stereocenters. The lowest BCUT2D eigenvalue weighted by Gasteiger charge is -2.17. The van der Waals surface area contributed by atoms with E-state index in [1.54, 1.807) is 0 Å². The Hall–Kier alpha value is -1.29. The summed E-state index contributed by atoms with van der Waals surface area (Å²) in [5, 5.41) is 0. The molecular weight excluding hydrogens is 388 g/mol. The second-order valence-electron chi connectivity index (χ2n) is 5.93. The summed E-state index contributed by atoms with van der Waals surface area (Å²) in [6.07, 6.45) is 1.30. The van der Waals surface area contributed by atoms with Gasteiger partial charge >= 0.3 is 0 Å². The average Bonchev–Trinajstić information content (AvgIpc) is 3.22. The lowest BCUT2D eigenvalue weighted by atomic mass is 9.81. The summed E-state index contributed by atoms with van der Waals surface area (Å²) in [7, 11) is -3.63. The Bertz CT molecular complexity index is 766. The molecule has 122 valence electrons. The summed E-state index contributed by atoms with van der Waals surface area (Å²) in [6.45, 7) is 0. The van der Waals surface area contributed by atoms with Crippen LogP contribution in [-0.4, -0.2) is 32.4 Å². The number of carbonyl (C=O) groups excluding carboxylic acids is 2. The molecule has 0 saturated carbocycles. The molecule has 23 heavy (non-hydrogen) atoms. The first-order valence-corrected chi connectivity index (χ1v) is 9.47. The van der Waals surface area contributed by atoms with Gasteiger partial charge in [-0.1, -0.05) is 0 Å². The van der Waals surface area contributed by atoms with E-state index in [4.69, 9.17) is 4.74 Å². The predicted octanol–water partition coefficient (Wildman–Crippen LogP) is 0.942. The van der Waals surface area contributed by atoms with Gasteiger partial charge in [0.25, 0.3) is 0 Å². The molecule has 0 aliphatic carbocycles. The van der Waals surface area contributed by atoms with Gasteiger partial charge in [0, 0.05) is 16.1 Å². The molecule has 0 radical (unpaired) electrons. The smallest absolute Gasteiger partial charge is 0.250 e. The van der Waals surface area contributed by atoms with E-state index >= 15 is 0 Å². The number of hydrogen-bond donors (Lipinski definition) is 1. The average molecular weight is 401 g/mol. The Kier molecular flexibility index (Phi) is 3.38. The number of anilines is 1. The molecule has 2 bridgehead atoms. The van der Waals surface area contributed by atoms with Gasteiger partial charge in [-0.2, -0.15) is 0 Å². The third kappa shape index (κ3) is 2.10. The van der Waals surface area contributed by atoms with E-state index in [0.717, 1.165) is 12.8 Å². The van der Waals surface area contributed by atoms with Crippen molar-refractivity contribution in [3.63, 3.8) is 0 Å².